The highest BCUT2D eigenvalue weighted by atomic mass is 19.1. The van der Waals surface area contributed by atoms with Crippen LogP contribution in [0, 0.1) is 11.6 Å². The van der Waals surface area contributed by atoms with Crippen LogP contribution in [0.4, 0.5) is 8.78 Å². The third kappa shape index (κ3) is 5.53. The van der Waals surface area contributed by atoms with Crippen LogP contribution in [-0.2, 0) is 13.0 Å². The van der Waals surface area contributed by atoms with Crippen molar-refractivity contribution < 1.29 is 13.9 Å². The Morgan fingerprint density at radius 1 is 1.08 bits per heavy atom. The molecule has 2 aromatic rings. The molecule has 0 saturated carbocycles. The van der Waals surface area contributed by atoms with Crippen molar-refractivity contribution in [2.75, 3.05) is 13.1 Å². The second-order valence-corrected chi connectivity index (χ2v) is 5.29. The molecule has 0 heterocycles. The molecule has 3 N–H and O–H groups in total. The highest BCUT2D eigenvalue weighted by Gasteiger charge is 2.03. The topological polar surface area (TPSA) is 56.7 Å². The van der Waals surface area contributed by atoms with Gasteiger partial charge in [-0.3, -0.25) is 0 Å². The van der Waals surface area contributed by atoms with Gasteiger partial charge in [-0.15, -0.1) is 0 Å². The van der Waals surface area contributed by atoms with Gasteiger partial charge in [0.25, 0.3) is 0 Å². The van der Waals surface area contributed by atoms with E-state index in [0.29, 0.717) is 31.0 Å². The minimum atomic E-state index is -0.660. The molecule has 0 aliphatic rings. The first-order chi connectivity index (χ1) is 11.6. The molecule has 0 aliphatic heterocycles. The standard InChI is InChI=1S/C18H21F2N3O/c1-2-21-18(22-9-8-13-4-3-5-15(19)10-13)23-12-14-6-7-17(24)16(20)11-14/h3-7,10-11,24H,2,8-9,12H2,1H3,(H2,21,22,23). The lowest BCUT2D eigenvalue weighted by Gasteiger charge is -2.11. The van der Waals surface area contributed by atoms with Crippen LogP contribution in [0.15, 0.2) is 47.5 Å². The lowest BCUT2D eigenvalue weighted by atomic mass is 10.1. The molecule has 2 rings (SSSR count). The number of halogens is 2. The molecule has 4 nitrogen and oxygen atoms in total. The zero-order valence-electron chi connectivity index (χ0n) is 13.5. The highest BCUT2D eigenvalue weighted by Crippen LogP contribution is 2.16. The van der Waals surface area contributed by atoms with Crippen LogP contribution < -0.4 is 10.6 Å². The van der Waals surface area contributed by atoms with E-state index in [2.05, 4.69) is 15.6 Å². The lowest BCUT2D eigenvalue weighted by molar-refractivity contribution is 0.432. The molecule has 128 valence electrons. The van der Waals surface area contributed by atoms with Crippen LogP contribution in [0.3, 0.4) is 0 Å². The maximum absolute atomic E-state index is 13.3. The SMILES string of the molecule is CCNC(=NCc1ccc(O)c(F)c1)NCCc1cccc(F)c1. The van der Waals surface area contributed by atoms with E-state index in [1.54, 1.807) is 12.1 Å². The Morgan fingerprint density at radius 2 is 1.92 bits per heavy atom. The van der Waals surface area contributed by atoms with E-state index >= 15 is 0 Å². The third-order valence-electron chi connectivity index (χ3n) is 3.37. The fourth-order valence-corrected chi connectivity index (χ4v) is 2.18. The summed E-state index contributed by atoms with van der Waals surface area (Å²) in [5, 5.41) is 15.4. The Balaban J connectivity index is 1.91. The van der Waals surface area contributed by atoms with Crippen LogP contribution in [0.2, 0.25) is 0 Å². The average Bonchev–Trinajstić information content (AvgIpc) is 2.56. The Hall–Kier alpha value is -2.63. The predicted molar refractivity (Wildman–Crippen MR) is 91.0 cm³/mol. The maximum Gasteiger partial charge on any atom is 0.191 e. The van der Waals surface area contributed by atoms with E-state index in [-0.39, 0.29) is 18.1 Å². The molecular weight excluding hydrogens is 312 g/mol. The van der Waals surface area contributed by atoms with Crippen molar-refractivity contribution in [2.24, 2.45) is 4.99 Å². The first-order valence-electron chi connectivity index (χ1n) is 7.82. The lowest BCUT2D eigenvalue weighted by Crippen LogP contribution is -2.38. The van der Waals surface area contributed by atoms with Crippen molar-refractivity contribution in [3.8, 4) is 5.75 Å². The monoisotopic (exact) mass is 333 g/mol. The summed E-state index contributed by atoms with van der Waals surface area (Å²) in [5.41, 5.74) is 1.56. The largest absolute Gasteiger partial charge is 0.505 e. The summed E-state index contributed by atoms with van der Waals surface area (Å²) in [6.07, 6.45) is 0.663. The Morgan fingerprint density at radius 3 is 2.62 bits per heavy atom. The van der Waals surface area contributed by atoms with Gasteiger partial charge in [0.2, 0.25) is 0 Å². The summed E-state index contributed by atoms with van der Waals surface area (Å²) in [4.78, 5) is 4.38. The fourth-order valence-electron chi connectivity index (χ4n) is 2.18. The van der Waals surface area contributed by atoms with Gasteiger partial charge in [0.1, 0.15) is 5.82 Å². The Labute approximate surface area is 140 Å². The highest BCUT2D eigenvalue weighted by molar-refractivity contribution is 5.79. The van der Waals surface area contributed by atoms with Crippen molar-refractivity contribution >= 4 is 5.96 Å². The summed E-state index contributed by atoms with van der Waals surface area (Å²) in [7, 11) is 0. The molecular formula is C18H21F2N3O. The van der Waals surface area contributed by atoms with Gasteiger partial charge in [-0.25, -0.2) is 13.8 Å². The minimum Gasteiger partial charge on any atom is -0.505 e. The van der Waals surface area contributed by atoms with E-state index in [0.717, 1.165) is 5.56 Å². The number of nitrogens with zero attached hydrogens (tertiary/aromatic N) is 1. The minimum absolute atomic E-state index is 0.248. The number of aliphatic imine (C=N–C) groups is 1. The number of phenolic OH excluding ortho intramolecular Hbond substituents is 1. The maximum atomic E-state index is 13.3. The van der Waals surface area contributed by atoms with Crippen molar-refractivity contribution in [1.82, 2.24) is 10.6 Å². The Kier molecular flexibility index (Phi) is 6.54. The number of hydrogen-bond acceptors (Lipinski definition) is 2. The van der Waals surface area contributed by atoms with Gasteiger partial charge in [-0.05, 0) is 48.7 Å². The van der Waals surface area contributed by atoms with E-state index < -0.39 is 5.82 Å². The molecule has 0 aromatic heterocycles. The number of phenols is 1. The zero-order chi connectivity index (χ0) is 17.4. The van der Waals surface area contributed by atoms with Gasteiger partial charge in [-0.2, -0.15) is 0 Å². The molecule has 0 fully saturated rings. The van der Waals surface area contributed by atoms with Gasteiger partial charge in [0, 0.05) is 13.1 Å². The Bertz CT molecular complexity index is 704. The van der Waals surface area contributed by atoms with E-state index in [4.69, 9.17) is 0 Å². The second kappa shape index (κ2) is 8.86. The first kappa shape index (κ1) is 17.7. The molecule has 2 aromatic carbocycles. The summed E-state index contributed by atoms with van der Waals surface area (Å²) >= 11 is 0. The third-order valence-corrected chi connectivity index (χ3v) is 3.37. The number of guanidine groups is 1. The van der Waals surface area contributed by atoms with Crippen molar-refractivity contribution in [2.45, 2.75) is 19.9 Å². The average molecular weight is 333 g/mol. The molecule has 6 heteroatoms. The number of hydrogen-bond donors (Lipinski definition) is 3. The number of rotatable bonds is 6. The predicted octanol–water partition coefficient (Wildman–Crippen LogP) is 2.97. The summed E-state index contributed by atoms with van der Waals surface area (Å²) < 4.78 is 26.5. The molecule has 24 heavy (non-hydrogen) atoms. The summed E-state index contributed by atoms with van der Waals surface area (Å²) in [5.74, 6) is -0.681. The summed E-state index contributed by atoms with van der Waals surface area (Å²) in [6, 6.07) is 10.7. The van der Waals surface area contributed by atoms with Crippen LogP contribution >= 0.6 is 0 Å². The van der Waals surface area contributed by atoms with E-state index in [1.165, 1.54) is 24.3 Å². The van der Waals surface area contributed by atoms with Gasteiger partial charge in [-0.1, -0.05) is 18.2 Å². The molecule has 0 saturated heterocycles. The number of benzene rings is 2. The normalized spacial score (nSPS) is 11.4. The second-order valence-electron chi connectivity index (χ2n) is 5.29. The van der Waals surface area contributed by atoms with Crippen molar-refractivity contribution in [1.29, 1.82) is 0 Å². The van der Waals surface area contributed by atoms with Gasteiger partial charge in [0.15, 0.2) is 17.5 Å². The number of nitrogens with one attached hydrogen (secondary N) is 2. The molecule has 0 bridgehead atoms. The zero-order valence-corrected chi connectivity index (χ0v) is 13.5. The van der Waals surface area contributed by atoms with Crippen molar-refractivity contribution in [3.05, 3.63) is 65.2 Å². The number of aromatic hydroxyl groups is 1. The molecule has 0 spiro atoms. The fraction of sp³-hybridized carbons (Fsp3) is 0.278. The van der Waals surface area contributed by atoms with Crippen LogP contribution in [-0.4, -0.2) is 24.2 Å². The molecule has 0 aliphatic carbocycles. The van der Waals surface area contributed by atoms with Gasteiger partial charge < -0.3 is 15.7 Å². The van der Waals surface area contributed by atoms with E-state index in [9.17, 15) is 13.9 Å². The van der Waals surface area contributed by atoms with Crippen LogP contribution in [0.25, 0.3) is 0 Å². The van der Waals surface area contributed by atoms with Gasteiger partial charge >= 0.3 is 0 Å². The summed E-state index contributed by atoms with van der Waals surface area (Å²) in [6.45, 7) is 3.52. The molecule has 0 amide bonds. The van der Waals surface area contributed by atoms with Crippen LogP contribution in [0.5, 0.6) is 5.75 Å². The van der Waals surface area contributed by atoms with E-state index in [1.807, 2.05) is 13.0 Å². The molecule has 0 radical (unpaired) electrons. The van der Waals surface area contributed by atoms with Crippen molar-refractivity contribution in [3.63, 3.8) is 0 Å². The van der Waals surface area contributed by atoms with Crippen LogP contribution in [0.1, 0.15) is 18.1 Å². The van der Waals surface area contributed by atoms with Gasteiger partial charge in [0.05, 0.1) is 6.54 Å². The molecule has 0 atom stereocenters. The quantitative estimate of drug-likeness (QED) is 0.563. The molecule has 0 unspecified atom stereocenters. The smallest absolute Gasteiger partial charge is 0.191 e. The first-order valence-corrected chi connectivity index (χ1v) is 7.82.